The lowest BCUT2D eigenvalue weighted by atomic mass is 9.97. The van der Waals surface area contributed by atoms with Crippen molar-refractivity contribution in [3.05, 3.63) is 95.6 Å². The SMILES string of the molecule is CCCCCOc1ccc(-c2ccc3c(F)c(CCc4ccc(OC(F)(F)F)c(F)c4)ccc3c2)cc1. The van der Waals surface area contributed by atoms with Crippen molar-refractivity contribution < 1.29 is 31.4 Å². The second kappa shape index (κ2) is 11.6. The molecule has 0 radical (unpaired) electrons. The van der Waals surface area contributed by atoms with Gasteiger partial charge in [0.05, 0.1) is 6.61 Å². The Bertz CT molecular complexity index is 1350. The minimum absolute atomic E-state index is 0.261. The van der Waals surface area contributed by atoms with Crippen LogP contribution in [0.25, 0.3) is 21.9 Å². The molecule has 7 heteroatoms. The van der Waals surface area contributed by atoms with E-state index in [4.69, 9.17) is 4.74 Å². The topological polar surface area (TPSA) is 18.5 Å². The fraction of sp³-hybridized carbons (Fsp3) is 0.267. The first-order chi connectivity index (χ1) is 17.7. The first-order valence-corrected chi connectivity index (χ1v) is 12.2. The first-order valence-electron chi connectivity index (χ1n) is 12.2. The van der Waals surface area contributed by atoms with Crippen LogP contribution in [0.3, 0.4) is 0 Å². The van der Waals surface area contributed by atoms with Gasteiger partial charge in [0.25, 0.3) is 0 Å². The van der Waals surface area contributed by atoms with Crippen LogP contribution in [0.5, 0.6) is 11.5 Å². The van der Waals surface area contributed by atoms with Crippen LogP contribution < -0.4 is 9.47 Å². The van der Waals surface area contributed by atoms with Crippen LogP contribution in [0, 0.1) is 11.6 Å². The Balaban J connectivity index is 1.44. The molecular formula is C30H27F5O2. The molecule has 4 aromatic carbocycles. The third-order valence-electron chi connectivity index (χ3n) is 6.14. The summed E-state index contributed by atoms with van der Waals surface area (Å²) in [6.07, 6.45) is -1.14. The maximum Gasteiger partial charge on any atom is 0.573 e. The molecule has 4 rings (SSSR count). The summed E-state index contributed by atoms with van der Waals surface area (Å²) in [6.45, 7) is 2.84. The van der Waals surface area contributed by atoms with Crippen LogP contribution in [0.2, 0.25) is 0 Å². The molecule has 0 bridgehead atoms. The van der Waals surface area contributed by atoms with E-state index in [1.165, 1.54) is 6.07 Å². The molecule has 0 aliphatic heterocycles. The second-order valence-electron chi connectivity index (χ2n) is 8.87. The van der Waals surface area contributed by atoms with Crippen LogP contribution in [-0.4, -0.2) is 13.0 Å². The molecule has 194 valence electrons. The van der Waals surface area contributed by atoms with Gasteiger partial charge in [-0.05, 0) is 77.2 Å². The van der Waals surface area contributed by atoms with E-state index < -0.39 is 17.9 Å². The van der Waals surface area contributed by atoms with Crippen molar-refractivity contribution in [3.63, 3.8) is 0 Å². The zero-order chi connectivity index (χ0) is 26.4. The molecule has 0 saturated carbocycles. The van der Waals surface area contributed by atoms with Gasteiger partial charge in [-0.1, -0.05) is 62.2 Å². The third-order valence-corrected chi connectivity index (χ3v) is 6.14. The van der Waals surface area contributed by atoms with Gasteiger partial charge in [0.15, 0.2) is 11.6 Å². The number of alkyl halides is 3. The molecule has 0 heterocycles. The number of benzene rings is 4. The van der Waals surface area contributed by atoms with E-state index in [1.54, 1.807) is 12.1 Å². The monoisotopic (exact) mass is 514 g/mol. The van der Waals surface area contributed by atoms with Crippen molar-refractivity contribution in [1.29, 1.82) is 0 Å². The molecule has 0 atom stereocenters. The van der Waals surface area contributed by atoms with E-state index in [2.05, 4.69) is 11.7 Å². The van der Waals surface area contributed by atoms with Crippen molar-refractivity contribution >= 4 is 10.8 Å². The standard InChI is InChI=1S/C30H27F5O2/c1-2-3-4-17-36-25-13-10-21(11-14-25)23-12-15-26-24(19-23)9-8-22(29(26)32)7-5-20-6-16-28(27(31)18-20)37-30(33,34)35/h6,8-16,18-19H,2-5,7,17H2,1H3. The van der Waals surface area contributed by atoms with Crippen LogP contribution in [0.1, 0.15) is 37.3 Å². The Hall–Kier alpha value is -3.61. The van der Waals surface area contributed by atoms with E-state index in [9.17, 15) is 17.6 Å². The Morgan fingerprint density at radius 3 is 2.22 bits per heavy atom. The van der Waals surface area contributed by atoms with E-state index in [0.29, 0.717) is 23.1 Å². The molecule has 0 fully saturated rings. The summed E-state index contributed by atoms with van der Waals surface area (Å²) in [5, 5.41) is 1.22. The molecule has 4 aromatic rings. The molecule has 0 aliphatic rings. The maximum atomic E-state index is 15.2. The van der Waals surface area contributed by atoms with E-state index in [-0.39, 0.29) is 18.7 Å². The van der Waals surface area contributed by atoms with E-state index >= 15 is 4.39 Å². The van der Waals surface area contributed by atoms with Crippen molar-refractivity contribution in [3.8, 4) is 22.6 Å². The zero-order valence-corrected chi connectivity index (χ0v) is 20.4. The number of rotatable bonds is 10. The molecule has 0 N–H and O–H groups in total. The number of aryl methyl sites for hydroxylation is 2. The van der Waals surface area contributed by atoms with Gasteiger partial charge in [-0.25, -0.2) is 8.78 Å². The number of ether oxygens (including phenoxy) is 2. The maximum absolute atomic E-state index is 15.2. The van der Waals surface area contributed by atoms with Crippen LogP contribution in [-0.2, 0) is 12.8 Å². The smallest absolute Gasteiger partial charge is 0.494 e. The van der Waals surface area contributed by atoms with Crippen molar-refractivity contribution in [2.45, 2.75) is 45.4 Å². The highest BCUT2D eigenvalue weighted by molar-refractivity contribution is 5.88. The van der Waals surface area contributed by atoms with Crippen LogP contribution in [0.4, 0.5) is 22.0 Å². The lowest BCUT2D eigenvalue weighted by molar-refractivity contribution is -0.275. The highest BCUT2D eigenvalue weighted by atomic mass is 19.4. The number of hydrogen-bond acceptors (Lipinski definition) is 2. The van der Waals surface area contributed by atoms with Crippen molar-refractivity contribution in [2.24, 2.45) is 0 Å². The predicted molar refractivity (Wildman–Crippen MR) is 135 cm³/mol. The Kier molecular flexibility index (Phi) is 8.31. The predicted octanol–water partition coefficient (Wildman–Crippen LogP) is 9.04. The van der Waals surface area contributed by atoms with Gasteiger partial charge in [0.1, 0.15) is 11.6 Å². The quantitative estimate of drug-likeness (QED) is 0.155. The summed E-state index contributed by atoms with van der Waals surface area (Å²) in [7, 11) is 0. The van der Waals surface area contributed by atoms with Crippen molar-refractivity contribution in [2.75, 3.05) is 6.61 Å². The van der Waals surface area contributed by atoms with Gasteiger partial charge in [-0.2, -0.15) is 0 Å². The lowest BCUT2D eigenvalue weighted by Crippen LogP contribution is -2.18. The number of hydrogen-bond donors (Lipinski definition) is 0. The van der Waals surface area contributed by atoms with Gasteiger partial charge in [-0.15, -0.1) is 13.2 Å². The summed E-state index contributed by atoms with van der Waals surface area (Å²) in [5.41, 5.74) is 2.83. The largest absolute Gasteiger partial charge is 0.573 e. The molecule has 0 unspecified atom stereocenters. The molecular weight excluding hydrogens is 487 g/mol. The average Bonchev–Trinajstić information content (AvgIpc) is 2.87. The van der Waals surface area contributed by atoms with E-state index in [0.717, 1.165) is 53.7 Å². The highest BCUT2D eigenvalue weighted by Crippen LogP contribution is 2.30. The van der Waals surface area contributed by atoms with Gasteiger partial charge in [0, 0.05) is 5.39 Å². The fourth-order valence-electron chi connectivity index (χ4n) is 4.18. The molecule has 0 spiro atoms. The summed E-state index contributed by atoms with van der Waals surface area (Å²) < 4.78 is 75.6. The molecule has 0 amide bonds. The summed E-state index contributed by atoms with van der Waals surface area (Å²) in [5.74, 6) is -1.55. The minimum atomic E-state index is -4.97. The number of fused-ring (bicyclic) bond motifs is 1. The molecule has 0 aliphatic carbocycles. The Morgan fingerprint density at radius 1 is 0.757 bits per heavy atom. The fourth-order valence-corrected chi connectivity index (χ4v) is 4.18. The highest BCUT2D eigenvalue weighted by Gasteiger charge is 2.32. The van der Waals surface area contributed by atoms with Gasteiger partial charge in [-0.3, -0.25) is 0 Å². The Morgan fingerprint density at radius 2 is 1.51 bits per heavy atom. The number of halogens is 5. The lowest BCUT2D eigenvalue weighted by Gasteiger charge is -2.11. The number of unbranched alkanes of at least 4 members (excludes halogenated alkanes) is 2. The second-order valence-corrected chi connectivity index (χ2v) is 8.87. The van der Waals surface area contributed by atoms with Gasteiger partial charge < -0.3 is 9.47 Å². The third kappa shape index (κ3) is 7.00. The summed E-state index contributed by atoms with van der Waals surface area (Å²) in [6, 6.07) is 20.1. The molecule has 0 saturated heterocycles. The van der Waals surface area contributed by atoms with Gasteiger partial charge in [0.2, 0.25) is 0 Å². The van der Waals surface area contributed by atoms with Crippen LogP contribution >= 0.6 is 0 Å². The molecule has 0 aromatic heterocycles. The summed E-state index contributed by atoms with van der Waals surface area (Å²) in [4.78, 5) is 0. The average molecular weight is 515 g/mol. The molecule has 2 nitrogen and oxygen atoms in total. The normalized spacial score (nSPS) is 11.6. The molecule has 37 heavy (non-hydrogen) atoms. The summed E-state index contributed by atoms with van der Waals surface area (Å²) >= 11 is 0. The van der Waals surface area contributed by atoms with Gasteiger partial charge >= 0.3 is 6.36 Å². The Labute approximate surface area is 212 Å². The van der Waals surface area contributed by atoms with E-state index in [1.807, 2.05) is 42.5 Å². The minimum Gasteiger partial charge on any atom is -0.494 e. The van der Waals surface area contributed by atoms with Crippen LogP contribution in [0.15, 0.2) is 72.8 Å². The van der Waals surface area contributed by atoms with Crippen molar-refractivity contribution in [1.82, 2.24) is 0 Å². The first kappa shape index (κ1) is 26.5. The zero-order valence-electron chi connectivity index (χ0n) is 20.4.